The number of carbonyl (C=O) groups excluding carboxylic acids is 2. The maximum absolute atomic E-state index is 12.0. The summed E-state index contributed by atoms with van der Waals surface area (Å²) in [6.45, 7) is 5.40. The van der Waals surface area contributed by atoms with Gasteiger partial charge in [0.05, 0.1) is 0 Å². The molecule has 0 aromatic heterocycles. The number of fused-ring (bicyclic) bond motifs is 1. The number of rotatable bonds is 2. The van der Waals surface area contributed by atoms with Crippen molar-refractivity contribution < 1.29 is 14.3 Å². The molecule has 1 unspecified atom stereocenters. The predicted molar refractivity (Wildman–Crippen MR) is 84.3 cm³/mol. The molecule has 5 heteroatoms. The Labute approximate surface area is 133 Å². The average molecular weight is 354 g/mol. The lowest BCUT2D eigenvalue weighted by Gasteiger charge is -2.35. The number of hydrogen-bond donors (Lipinski definition) is 1. The van der Waals surface area contributed by atoms with Gasteiger partial charge in [-0.05, 0) is 50.8 Å². The van der Waals surface area contributed by atoms with E-state index in [1.54, 1.807) is 20.8 Å². The molecule has 1 atom stereocenters. The number of carbonyl (C=O) groups is 2. The lowest BCUT2D eigenvalue weighted by molar-refractivity contribution is -0.113. The minimum absolute atomic E-state index is 0.491. The quantitative estimate of drug-likeness (QED) is 0.829. The van der Waals surface area contributed by atoms with Crippen molar-refractivity contribution in [3.8, 4) is 0 Å². The van der Waals surface area contributed by atoms with Gasteiger partial charge in [0.25, 0.3) is 0 Å². The zero-order chi connectivity index (χ0) is 15.7. The first-order valence-corrected chi connectivity index (χ1v) is 7.78. The van der Waals surface area contributed by atoms with Crippen molar-refractivity contribution in [2.75, 3.05) is 0 Å². The van der Waals surface area contributed by atoms with Crippen molar-refractivity contribution in [3.05, 3.63) is 33.8 Å². The van der Waals surface area contributed by atoms with E-state index in [0.717, 1.165) is 22.7 Å². The van der Waals surface area contributed by atoms with Crippen molar-refractivity contribution in [1.82, 2.24) is 5.32 Å². The van der Waals surface area contributed by atoms with Gasteiger partial charge >= 0.3 is 6.09 Å². The Morgan fingerprint density at radius 1 is 1.43 bits per heavy atom. The summed E-state index contributed by atoms with van der Waals surface area (Å²) < 4.78 is 6.31. The molecule has 0 heterocycles. The molecule has 114 valence electrons. The van der Waals surface area contributed by atoms with Gasteiger partial charge in [-0.15, -0.1) is 0 Å². The summed E-state index contributed by atoms with van der Waals surface area (Å²) in [5.74, 6) is 0. The van der Waals surface area contributed by atoms with Gasteiger partial charge < -0.3 is 14.8 Å². The standard InChI is InChI=1S/C16H20BrNO3/c1-15(2,3)21-14(20)18-16(10-19)8-7-12-11(9-16)5-4-6-13(12)17/h4-6,10H,7-9H2,1-3H3,(H,18,20). The molecule has 1 amide bonds. The minimum Gasteiger partial charge on any atom is -0.444 e. The van der Waals surface area contributed by atoms with E-state index in [9.17, 15) is 9.59 Å². The van der Waals surface area contributed by atoms with Gasteiger partial charge in [-0.2, -0.15) is 0 Å². The van der Waals surface area contributed by atoms with Gasteiger partial charge in [0, 0.05) is 10.9 Å². The first-order chi connectivity index (χ1) is 9.75. The molecular weight excluding hydrogens is 334 g/mol. The first-order valence-electron chi connectivity index (χ1n) is 6.98. The Morgan fingerprint density at radius 3 is 2.76 bits per heavy atom. The van der Waals surface area contributed by atoms with Gasteiger partial charge in [-0.3, -0.25) is 0 Å². The Bertz CT molecular complexity index is 565. The van der Waals surface area contributed by atoms with Crippen molar-refractivity contribution in [2.45, 2.75) is 51.2 Å². The fourth-order valence-corrected chi connectivity index (χ4v) is 3.17. The largest absolute Gasteiger partial charge is 0.444 e. The second kappa shape index (κ2) is 5.79. The number of hydrogen-bond acceptors (Lipinski definition) is 3. The highest BCUT2D eigenvalue weighted by Crippen LogP contribution is 2.32. The molecule has 0 saturated heterocycles. The third-order valence-electron chi connectivity index (χ3n) is 3.52. The fraction of sp³-hybridized carbons (Fsp3) is 0.500. The molecule has 1 aromatic carbocycles. The van der Waals surface area contributed by atoms with Crippen LogP contribution in [0.4, 0.5) is 4.79 Å². The molecule has 0 radical (unpaired) electrons. The molecule has 1 aromatic rings. The molecule has 0 spiro atoms. The van der Waals surface area contributed by atoms with Crippen LogP contribution in [0.15, 0.2) is 22.7 Å². The number of benzene rings is 1. The number of alkyl carbamates (subject to hydrolysis) is 1. The van der Waals surface area contributed by atoms with Crippen LogP contribution in [0.25, 0.3) is 0 Å². The number of halogens is 1. The lowest BCUT2D eigenvalue weighted by Crippen LogP contribution is -2.54. The Kier molecular flexibility index (Phi) is 4.42. The predicted octanol–water partition coefficient (Wildman–Crippen LogP) is 3.40. The summed E-state index contributed by atoms with van der Waals surface area (Å²) in [7, 11) is 0. The summed E-state index contributed by atoms with van der Waals surface area (Å²) in [6, 6.07) is 5.93. The van der Waals surface area contributed by atoms with E-state index in [1.807, 2.05) is 18.2 Å². The van der Waals surface area contributed by atoms with Crippen LogP contribution in [0.5, 0.6) is 0 Å². The maximum Gasteiger partial charge on any atom is 0.408 e. The SMILES string of the molecule is CC(C)(C)OC(=O)NC1(C=O)CCc2c(Br)cccc2C1. The highest BCUT2D eigenvalue weighted by atomic mass is 79.9. The third kappa shape index (κ3) is 3.84. The van der Waals surface area contributed by atoms with Gasteiger partial charge in [-0.1, -0.05) is 28.1 Å². The zero-order valence-electron chi connectivity index (χ0n) is 12.5. The van der Waals surface area contributed by atoms with Crippen LogP contribution in [0.1, 0.15) is 38.3 Å². The second-order valence-corrected chi connectivity index (χ2v) is 7.31. The van der Waals surface area contributed by atoms with E-state index in [1.165, 1.54) is 5.56 Å². The fourth-order valence-electron chi connectivity index (χ4n) is 2.57. The molecule has 1 N–H and O–H groups in total. The van der Waals surface area contributed by atoms with E-state index in [2.05, 4.69) is 21.2 Å². The van der Waals surface area contributed by atoms with E-state index < -0.39 is 17.2 Å². The van der Waals surface area contributed by atoms with Crippen molar-refractivity contribution in [2.24, 2.45) is 0 Å². The maximum atomic E-state index is 12.0. The average Bonchev–Trinajstić information content (AvgIpc) is 2.36. The first kappa shape index (κ1) is 16.0. The molecule has 1 aliphatic carbocycles. The van der Waals surface area contributed by atoms with E-state index in [-0.39, 0.29) is 0 Å². The number of amides is 1. The second-order valence-electron chi connectivity index (χ2n) is 6.46. The number of aldehydes is 1. The highest BCUT2D eigenvalue weighted by molar-refractivity contribution is 9.10. The summed E-state index contributed by atoms with van der Waals surface area (Å²) in [4.78, 5) is 23.6. The molecule has 21 heavy (non-hydrogen) atoms. The van der Waals surface area contributed by atoms with Crippen LogP contribution in [0.2, 0.25) is 0 Å². The van der Waals surface area contributed by atoms with Gasteiger partial charge in [0.1, 0.15) is 17.4 Å². The molecular formula is C16H20BrNO3. The van der Waals surface area contributed by atoms with Crippen LogP contribution in [0, 0.1) is 0 Å². The molecule has 0 bridgehead atoms. The van der Waals surface area contributed by atoms with Gasteiger partial charge in [0.2, 0.25) is 0 Å². The van der Waals surface area contributed by atoms with Crippen LogP contribution in [0.3, 0.4) is 0 Å². The molecule has 4 nitrogen and oxygen atoms in total. The summed E-state index contributed by atoms with van der Waals surface area (Å²) in [5.41, 5.74) is 0.833. The Hall–Kier alpha value is -1.36. The number of ether oxygens (including phenoxy) is 1. The topological polar surface area (TPSA) is 55.4 Å². The van der Waals surface area contributed by atoms with Crippen molar-refractivity contribution in [3.63, 3.8) is 0 Å². The zero-order valence-corrected chi connectivity index (χ0v) is 14.1. The van der Waals surface area contributed by atoms with Crippen molar-refractivity contribution >= 4 is 28.3 Å². The molecule has 2 rings (SSSR count). The normalized spacial score (nSPS) is 21.3. The summed E-state index contributed by atoms with van der Waals surface area (Å²) >= 11 is 3.53. The molecule has 1 aliphatic rings. The van der Waals surface area contributed by atoms with Crippen LogP contribution in [-0.4, -0.2) is 23.5 Å². The van der Waals surface area contributed by atoms with Crippen LogP contribution in [-0.2, 0) is 22.4 Å². The monoisotopic (exact) mass is 353 g/mol. The minimum atomic E-state index is -0.879. The van der Waals surface area contributed by atoms with E-state index >= 15 is 0 Å². The molecule has 0 saturated carbocycles. The van der Waals surface area contributed by atoms with E-state index in [4.69, 9.17) is 4.74 Å². The van der Waals surface area contributed by atoms with Crippen molar-refractivity contribution in [1.29, 1.82) is 0 Å². The molecule has 0 aliphatic heterocycles. The molecule has 0 fully saturated rings. The van der Waals surface area contributed by atoms with Gasteiger partial charge in [-0.25, -0.2) is 4.79 Å². The summed E-state index contributed by atoms with van der Waals surface area (Å²) in [6.07, 6.45) is 2.09. The Morgan fingerprint density at radius 2 is 2.14 bits per heavy atom. The van der Waals surface area contributed by atoms with Crippen LogP contribution >= 0.6 is 15.9 Å². The Balaban J connectivity index is 2.17. The number of nitrogens with one attached hydrogen (secondary N) is 1. The van der Waals surface area contributed by atoms with Crippen LogP contribution < -0.4 is 5.32 Å². The smallest absolute Gasteiger partial charge is 0.408 e. The highest BCUT2D eigenvalue weighted by Gasteiger charge is 2.37. The lowest BCUT2D eigenvalue weighted by atomic mass is 9.79. The van der Waals surface area contributed by atoms with Gasteiger partial charge in [0.15, 0.2) is 0 Å². The van der Waals surface area contributed by atoms with E-state index in [0.29, 0.717) is 12.8 Å². The summed E-state index contributed by atoms with van der Waals surface area (Å²) in [5, 5.41) is 2.75. The third-order valence-corrected chi connectivity index (χ3v) is 4.26.